The molecular formula is C9H8N4O2. The Balaban J connectivity index is 2.77. The maximum atomic E-state index is 10.6. The standard InChI is InChI=1S/C9H8N4O2/c10-13-11-6-2-4-7-3-1-5-8(12-7)9(14)15/h1-5H,6H2,(H,14,15). The van der Waals surface area contributed by atoms with Crippen molar-refractivity contribution >= 4 is 12.0 Å². The summed E-state index contributed by atoms with van der Waals surface area (Å²) in [7, 11) is 0. The van der Waals surface area contributed by atoms with Crippen LogP contribution in [0, 0.1) is 0 Å². The summed E-state index contributed by atoms with van der Waals surface area (Å²) in [4.78, 5) is 17.0. The van der Waals surface area contributed by atoms with E-state index in [0.717, 1.165) is 0 Å². The number of carboxylic acids is 1. The van der Waals surface area contributed by atoms with E-state index in [-0.39, 0.29) is 12.2 Å². The summed E-state index contributed by atoms with van der Waals surface area (Å²) in [5, 5.41) is 12.0. The fourth-order valence-corrected chi connectivity index (χ4v) is 0.921. The lowest BCUT2D eigenvalue weighted by atomic mass is 10.3. The van der Waals surface area contributed by atoms with Crippen LogP contribution in [0.5, 0.6) is 0 Å². The molecule has 0 fully saturated rings. The molecule has 0 aliphatic heterocycles. The number of carboxylic acid groups (broad SMARTS) is 1. The van der Waals surface area contributed by atoms with E-state index in [1.807, 2.05) is 0 Å². The van der Waals surface area contributed by atoms with E-state index in [2.05, 4.69) is 15.0 Å². The van der Waals surface area contributed by atoms with Crippen molar-refractivity contribution in [3.05, 3.63) is 46.1 Å². The number of rotatable bonds is 4. The van der Waals surface area contributed by atoms with Crippen LogP contribution in [0.4, 0.5) is 0 Å². The molecule has 6 nitrogen and oxygen atoms in total. The predicted octanol–water partition coefficient (Wildman–Crippen LogP) is 2.10. The molecule has 6 heteroatoms. The van der Waals surface area contributed by atoms with Crippen molar-refractivity contribution in [3.63, 3.8) is 0 Å². The Kier molecular flexibility index (Phi) is 3.88. The Morgan fingerprint density at radius 2 is 2.47 bits per heavy atom. The molecule has 0 radical (unpaired) electrons. The van der Waals surface area contributed by atoms with E-state index < -0.39 is 5.97 Å². The summed E-state index contributed by atoms with van der Waals surface area (Å²) in [5.41, 5.74) is 8.52. The van der Waals surface area contributed by atoms with Crippen LogP contribution in [-0.4, -0.2) is 22.6 Å². The monoisotopic (exact) mass is 204 g/mol. The van der Waals surface area contributed by atoms with Gasteiger partial charge in [-0.1, -0.05) is 17.3 Å². The average molecular weight is 204 g/mol. The van der Waals surface area contributed by atoms with Crippen LogP contribution in [-0.2, 0) is 0 Å². The summed E-state index contributed by atoms with van der Waals surface area (Å²) in [6.07, 6.45) is 3.20. The zero-order valence-electron chi connectivity index (χ0n) is 7.74. The SMILES string of the molecule is [N-]=[N+]=NCC=Cc1cccc(C(=O)O)n1. The highest BCUT2D eigenvalue weighted by atomic mass is 16.4. The third-order valence-corrected chi connectivity index (χ3v) is 1.53. The van der Waals surface area contributed by atoms with Crippen LogP contribution in [0.2, 0.25) is 0 Å². The Labute approximate surface area is 85.5 Å². The quantitative estimate of drug-likeness (QED) is 0.461. The van der Waals surface area contributed by atoms with Gasteiger partial charge in [0.15, 0.2) is 0 Å². The van der Waals surface area contributed by atoms with Gasteiger partial charge in [-0.15, -0.1) is 0 Å². The number of nitrogens with zero attached hydrogens (tertiary/aromatic N) is 4. The zero-order valence-corrected chi connectivity index (χ0v) is 7.74. The first-order chi connectivity index (χ1) is 7.24. The van der Waals surface area contributed by atoms with Gasteiger partial charge in [-0.2, -0.15) is 0 Å². The van der Waals surface area contributed by atoms with Crippen molar-refractivity contribution < 1.29 is 9.90 Å². The number of pyridine rings is 1. The van der Waals surface area contributed by atoms with Crippen LogP contribution in [0.15, 0.2) is 29.4 Å². The molecule has 0 bridgehead atoms. The van der Waals surface area contributed by atoms with Gasteiger partial charge in [0.05, 0.1) is 5.69 Å². The molecule has 0 aliphatic rings. The van der Waals surface area contributed by atoms with E-state index in [4.69, 9.17) is 10.6 Å². The number of aromatic nitrogens is 1. The second-order valence-corrected chi connectivity index (χ2v) is 2.57. The summed E-state index contributed by atoms with van der Waals surface area (Å²) in [6.45, 7) is 0.218. The summed E-state index contributed by atoms with van der Waals surface area (Å²) >= 11 is 0. The fraction of sp³-hybridized carbons (Fsp3) is 0.111. The average Bonchev–Trinajstić information content (AvgIpc) is 2.25. The van der Waals surface area contributed by atoms with Crippen molar-refractivity contribution in [2.75, 3.05) is 6.54 Å². The highest BCUT2D eigenvalue weighted by molar-refractivity contribution is 5.85. The first-order valence-electron chi connectivity index (χ1n) is 4.12. The van der Waals surface area contributed by atoms with Crippen molar-refractivity contribution in [1.29, 1.82) is 0 Å². The Morgan fingerprint density at radius 3 is 3.13 bits per heavy atom. The van der Waals surface area contributed by atoms with Crippen LogP contribution in [0.25, 0.3) is 16.5 Å². The van der Waals surface area contributed by atoms with Crippen molar-refractivity contribution in [1.82, 2.24) is 4.98 Å². The minimum atomic E-state index is -1.07. The molecule has 76 valence electrons. The van der Waals surface area contributed by atoms with E-state index in [9.17, 15) is 4.79 Å². The van der Waals surface area contributed by atoms with E-state index in [1.165, 1.54) is 6.07 Å². The number of hydrogen-bond acceptors (Lipinski definition) is 3. The minimum Gasteiger partial charge on any atom is -0.477 e. The highest BCUT2D eigenvalue weighted by Gasteiger charge is 2.02. The maximum absolute atomic E-state index is 10.6. The molecule has 1 aromatic rings. The van der Waals surface area contributed by atoms with E-state index >= 15 is 0 Å². The molecule has 0 saturated heterocycles. The highest BCUT2D eigenvalue weighted by Crippen LogP contribution is 2.01. The first kappa shape index (κ1) is 10.7. The molecule has 1 N–H and O–H groups in total. The van der Waals surface area contributed by atoms with Crippen LogP contribution in [0.1, 0.15) is 16.2 Å². The molecule has 0 amide bonds. The largest absolute Gasteiger partial charge is 0.477 e. The van der Waals surface area contributed by atoms with Crippen LogP contribution < -0.4 is 0 Å². The fourth-order valence-electron chi connectivity index (χ4n) is 0.921. The number of carbonyl (C=O) groups is 1. The summed E-state index contributed by atoms with van der Waals surface area (Å²) in [6, 6.07) is 4.68. The lowest BCUT2D eigenvalue weighted by Gasteiger charge is -1.95. The second-order valence-electron chi connectivity index (χ2n) is 2.57. The third kappa shape index (κ3) is 3.50. The van der Waals surface area contributed by atoms with Gasteiger partial charge in [-0.25, -0.2) is 9.78 Å². The molecule has 0 aliphatic carbocycles. The third-order valence-electron chi connectivity index (χ3n) is 1.53. The lowest BCUT2D eigenvalue weighted by Crippen LogP contribution is -2.00. The zero-order chi connectivity index (χ0) is 11.1. The van der Waals surface area contributed by atoms with Gasteiger partial charge in [-0.3, -0.25) is 0 Å². The maximum Gasteiger partial charge on any atom is 0.354 e. The van der Waals surface area contributed by atoms with Gasteiger partial charge < -0.3 is 5.11 Å². The first-order valence-corrected chi connectivity index (χ1v) is 4.12. The molecule has 0 saturated carbocycles. The number of azide groups is 1. The normalized spacial score (nSPS) is 9.87. The minimum absolute atomic E-state index is 0.0130. The van der Waals surface area contributed by atoms with Gasteiger partial charge >= 0.3 is 5.97 Å². The molecule has 0 unspecified atom stereocenters. The van der Waals surface area contributed by atoms with E-state index in [1.54, 1.807) is 24.3 Å². The Morgan fingerprint density at radius 1 is 1.67 bits per heavy atom. The molecule has 1 aromatic heterocycles. The van der Waals surface area contributed by atoms with Gasteiger partial charge in [0.1, 0.15) is 5.69 Å². The summed E-state index contributed by atoms with van der Waals surface area (Å²) in [5.74, 6) is -1.07. The Bertz CT molecular complexity index is 435. The molecule has 0 spiro atoms. The van der Waals surface area contributed by atoms with Crippen LogP contribution in [0.3, 0.4) is 0 Å². The molecule has 1 rings (SSSR count). The van der Waals surface area contributed by atoms with Gasteiger partial charge in [0.2, 0.25) is 0 Å². The number of aromatic carboxylic acids is 1. The topological polar surface area (TPSA) is 99.0 Å². The number of hydrogen-bond donors (Lipinski definition) is 1. The van der Waals surface area contributed by atoms with Crippen molar-refractivity contribution in [3.8, 4) is 0 Å². The lowest BCUT2D eigenvalue weighted by molar-refractivity contribution is 0.0690. The Hall–Kier alpha value is -2.33. The molecule has 0 aromatic carbocycles. The molecule has 0 atom stereocenters. The van der Waals surface area contributed by atoms with Gasteiger partial charge in [0.25, 0.3) is 0 Å². The van der Waals surface area contributed by atoms with Gasteiger partial charge in [-0.05, 0) is 23.7 Å². The van der Waals surface area contributed by atoms with E-state index in [0.29, 0.717) is 5.69 Å². The second kappa shape index (κ2) is 5.41. The van der Waals surface area contributed by atoms with Gasteiger partial charge in [0, 0.05) is 11.5 Å². The molecule has 1 heterocycles. The van der Waals surface area contributed by atoms with Crippen molar-refractivity contribution in [2.24, 2.45) is 5.11 Å². The van der Waals surface area contributed by atoms with Crippen LogP contribution >= 0.6 is 0 Å². The smallest absolute Gasteiger partial charge is 0.354 e. The molecular weight excluding hydrogens is 196 g/mol. The van der Waals surface area contributed by atoms with Crippen molar-refractivity contribution in [2.45, 2.75) is 0 Å². The molecule has 15 heavy (non-hydrogen) atoms. The predicted molar refractivity (Wildman–Crippen MR) is 54.2 cm³/mol. The summed E-state index contributed by atoms with van der Waals surface area (Å²) < 4.78 is 0.